The van der Waals surface area contributed by atoms with E-state index in [0.717, 1.165) is 55.4 Å². The van der Waals surface area contributed by atoms with Crippen LogP contribution in [0.2, 0.25) is 0 Å². The average molecular weight is 310 g/mol. The summed E-state index contributed by atoms with van der Waals surface area (Å²) in [5.41, 5.74) is 0. The molecule has 1 aromatic heterocycles. The molecule has 0 bridgehead atoms. The molecular formula is C15H26N4OS. The monoisotopic (exact) mass is 310 g/mol. The summed E-state index contributed by atoms with van der Waals surface area (Å²) in [6.45, 7) is 8.50. The Kier molecular flexibility index (Phi) is 5.06. The normalized spacial score (nSPS) is 23.9. The van der Waals surface area contributed by atoms with Crippen molar-refractivity contribution in [1.82, 2.24) is 14.8 Å². The third-order valence-electron chi connectivity index (χ3n) is 4.45. The van der Waals surface area contributed by atoms with Crippen LogP contribution in [0.1, 0.15) is 39.5 Å². The van der Waals surface area contributed by atoms with Crippen LogP contribution in [-0.4, -0.2) is 46.3 Å². The summed E-state index contributed by atoms with van der Waals surface area (Å²) in [7, 11) is 0. The zero-order valence-corrected chi connectivity index (χ0v) is 13.9. The molecule has 2 saturated heterocycles. The number of aromatic nitrogens is 3. The highest BCUT2D eigenvalue weighted by Crippen LogP contribution is 2.27. The lowest BCUT2D eigenvalue weighted by atomic mass is 10.00. The zero-order valence-electron chi connectivity index (χ0n) is 13.1. The van der Waals surface area contributed by atoms with Crippen LogP contribution in [0.5, 0.6) is 0 Å². The number of thioether (sulfide) groups is 1. The second-order valence-electron chi connectivity index (χ2n) is 6.13. The molecule has 0 aromatic carbocycles. The van der Waals surface area contributed by atoms with E-state index in [1.807, 2.05) is 0 Å². The number of anilines is 1. The largest absolute Gasteiger partial charge is 0.376 e. The standard InChI is InChI=1S/C15H26N4OS/c1-3-21-15-17-16-14(18-8-6-12(2)7-9-18)19(15)11-13-5-4-10-20-13/h12-13H,3-11H2,1-2H3/t13-/m1/s1. The fourth-order valence-electron chi connectivity index (χ4n) is 3.11. The molecule has 0 saturated carbocycles. The van der Waals surface area contributed by atoms with E-state index in [1.165, 1.54) is 19.3 Å². The number of rotatable bonds is 5. The first-order valence-electron chi connectivity index (χ1n) is 8.20. The van der Waals surface area contributed by atoms with Crippen LogP contribution in [0, 0.1) is 5.92 Å². The number of ether oxygens (including phenoxy) is 1. The Morgan fingerprint density at radius 1 is 1.24 bits per heavy atom. The molecule has 2 fully saturated rings. The fourth-order valence-corrected chi connectivity index (χ4v) is 3.78. The highest BCUT2D eigenvalue weighted by Gasteiger charge is 2.25. The van der Waals surface area contributed by atoms with Gasteiger partial charge in [-0.15, -0.1) is 10.2 Å². The Hall–Kier alpha value is -0.750. The molecule has 0 amide bonds. The lowest BCUT2D eigenvalue weighted by molar-refractivity contribution is 0.0951. The Morgan fingerprint density at radius 3 is 2.71 bits per heavy atom. The van der Waals surface area contributed by atoms with Gasteiger partial charge in [-0.05, 0) is 37.4 Å². The van der Waals surface area contributed by atoms with Crippen molar-refractivity contribution in [2.45, 2.75) is 57.3 Å². The molecule has 0 aliphatic carbocycles. The van der Waals surface area contributed by atoms with Gasteiger partial charge in [-0.25, -0.2) is 0 Å². The highest BCUT2D eigenvalue weighted by molar-refractivity contribution is 7.99. The Balaban J connectivity index is 1.78. The van der Waals surface area contributed by atoms with Crippen molar-refractivity contribution in [3.05, 3.63) is 0 Å². The average Bonchev–Trinajstić information content (AvgIpc) is 3.12. The molecule has 1 aromatic rings. The van der Waals surface area contributed by atoms with Gasteiger partial charge >= 0.3 is 0 Å². The Morgan fingerprint density at radius 2 is 2.05 bits per heavy atom. The van der Waals surface area contributed by atoms with Gasteiger partial charge in [0, 0.05) is 19.7 Å². The van der Waals surface area contributed by atoms with Crippen LogP contribution in [0.25, 0.3) is 0 Å². The first-order chi connectivity index (χ1) is 10.3. The first-order valence-corrected chi connectivity index (χ1v) is 9.19. The van der Waals surface area contributed by atoms with Crippen molar-refractivity contribution in [1.29, 1.82) is 0 Å². The molecule has 0 unspecified atom stereocenters. The van der Waals surface area contributed by atoms with Gasteiger partial charge in [0.25, 0.3) is 0 Å². The molecule has 3 heterocycles. The summed E-state index contributed by atoms with van der Waals surface area (Å²) in [6, 6.07) is 0. The highest BCUT2D eigenvalue weighted by atomic mass is 32.2. The summed E-state index contributed by atoms with van der Waals surface area (Å²) in [5.74, 6) is 2.91. The third kappa shape index (κ3) is 3.54. The maximum Gasteiger partial charge on any atom is 0.228 e. The van der Waals surface area contributed by atoms with E-state index in [-0.39, 0.29) is 0 Å². The van der Waals surface area contributed by atoms with Crippen LogP contribution in [0.15, 0.2) is 5.16 Å². The molecule has 0 spiro atoms. The van der Waals surface area contributed by atoms with Gasteiger partial charge in [-0.1, -0.05) is 25.6 Å². The van der Waals surface area contributed by atoms with Crippen LogP contribution >= 0.6 is 11.8 Å². The zero-order chi connectivity index (χ0) is 14.7. The summed E-state index contributed by atoms with van der Waals surface area (Å²) >= 11 is 1.78. The third-order valence-corrected chi connectivity index (χ3v) is 5.30. The van der Waals surface area contributed by atoms with E-state index in [4.69, 9.17) is 4.74 Å². The van der Waals surface area contributed by atoms with E-state index >= 15 is 0 Å². The van der Waals surface area contributed by atoms with E-state index in [9.17, 15) is 0 Å². The number of hydrogen-bond donors (Lipinski definition) is 0. The van der Waals surface area contributed by atoms with Crippen LogP contribution in [0.4, 0.5) is 5.95 Å². The minimum Gasteiger partial charge on any atom is -0.376 e. The van der Waals surface area contributed by atoms with Crippen molar-refractivity contribution in [3.63, 3.8) is 0 Å². The Bertz CT molecular complexity index is 451. The van der Waals surface area contributed by atoms with Gasteiger partial charge in [-0.2, -0.15) is 0 Å². The molecule has 2 aliphatic heterocycles. The molecular weight excluding hydrogens is 284 g/mol. The van der Waals surface area contributed by atoms with Crippen molar-refractivity contribution in [2.75, 3.05) is 30.3 Å². The van der Waals surface area contributed by atoms with Gasteiger partial charge < -0.3 is 9.64 Å². The number of nitrogens with zero attached hydrogens (tertiary/aromatic N) is 4. The molecule has 0 N–H and O–H groups in total. The lowest BCUT2D eigenvalue weighted by Gasteiger charge is -2.31. The number of hydrogen-bond acceptors (Lipinski definition) is 5. The van der Waals surface area contributed by atoms with E-state index < -0.39 is 0 Å². The lowest BCUT2D eigenvalue weighted by Crippen LogP contribution is -2.35. The van der Waals surface area contributed by atoms with Gasteiger partial charge in [0.2, 0.25) is 5.95 Å². The maximum absolute atomic E-state index is 5.81. The number of piperidine rings is 1. The maximum atomic E-state index is 5.81. The minimum absolute atomic E-state index is 0.333. The smallest absolute Gasteiger partial charge is 0.228 e. The minimum atomic E-state index is 0.333. The quantitative estimate of drug-likeness (QED) is 0.782. The predicted molar refractivity (Wildman–Crippen MR) is 86.0 cm³/mol. The van der Waals surface area contributed by atoms with Gasteiger partial charge in [0.1, 0.15) is 0 Å². The second kappa shape index (κ2) is 7.01. The molecule has 0 radical (unpaired) electrons. The van der Waals surface area contributed by atoms with Gasteiger partial charge in [0.15, 0.2) is 5.16 Å². The molecule has 6 heteroatoms. The van der Waals surface area contributed by atoms with Gasteiger partial charge in [-0.3, -0.25) is 4.57 Å². The summed E-state index contributed by atoms with van der Waals surface area (Å²) in [4.78, 5) is 2.40. The predicted octanol–water partition coefficient (Wildman–Crippen LogP) is 2.81. The van der Waals surface area contributed by atoms with Crippen molar-refractivity contribution in [2.24, 2.45) is 5.92 Å². The van der Waals surface area contributed by atoms with Crippen molar-refractivity contribution in [3.8, 4) is 0 Å². The molecule has 1 atom stereocenters. The van der Waals surface area contributed by atoms with Crippen LogP contribution in [-0.2, 0) is 11.3 Å². The van der Waals surface area contributed by atoms with E-state index in [2.05, 4.69) is 33.5 Å². The molecule has 5 nitrogen and oxygen atoms in total. The molecule has 3 rings (SSSR count). The topological polar surface area (TPSA) is 43.2 Å². The summed E-state index contributed by atoms with van der Waals surface area (Å²) < 4.78 is 8.11. The summed E-state index contributed by atoms with van der Waals surface area (Å²) in [5, 5.41) is 9.95. The van der Waals surface area contributed by atoms with Crippen LogP contribution < -0.4 is 4.90 Å². The fraction of sp³-hybridized carbons (Fsp3) is 0.867. The van der Waals surface area contributed by atoms with Crippen molar-refractivity contribution >= 4 is 17.7 Å². The SMILES string of the molecule is CCSc1nnc(N2CCC(C)CC2)n1C[C@H]1CCCO1. The van der Waals surface area contributed by atoms with E-state index in [1.54, 1.807) is 11.8 Å². The Labute approximate surface area is 131 Å². The second-order valence-corrected chi connectivity index (χ2v) is 7.36. The molecule has 118 valence electrons. The van der Waals surface area contributed by atoms with E-state index in [0.29, 0.717) is 6.10 Å². The first kappa shape index (κ1) is 15.2. The van der Waals surface area contributed by atoms with Crippen LogP contribution in [0.3, 0.4) is 0 Å². The molecule has 2 aliphatic rings. The van der Waals surface area contributed by atoms with Crippen molar-refractivity contribution < 1.29 is 4.74 Å². The van der Waals surface area contributed by atoms with Gasteiger partial charge in [0.05, 0.1) is 12.6 Å². The molecule has 21 heavy (non-hydrogen) atoms. The summed E-state index contributed by atoms with van der Waals surface area (Å²) in [6.07, 6.45) is 5.18.